The molecule has 2 aromatic carbocycles. The number of rotatable bonds is 9. The van der Waals surface area contributed by atoms with Crippen molar-refractivity contribution in [1.82, 2.24) is 14.9 Å². The minimum atomic E-state index is -0.109. The van der Waals surface area contributed by atoms with E-state index >= 15 is 0 Å². The lowest BCUT2D eigenvalue weighted by atomic mass is 10.2. The van der Waals surface area contributed by atoms with Gasteiger partial charge in [0.25, 0.3) is 5.56 Å². The summed E-state index contributed by atoms with van der Waals surface area (Å²) in [5.74, 6) is 2.84. The van der Waals surface area contributed by atoms with Crippen molar-refractivity contribution in [1.29, 1.82) is 0 Å². The topological polar surface area (TPSA) is 76.7 Å². The van der Waals surface area contributed by atoms with E-state index in [1.54, 1.807) is 21.3 Å². The van der Waals surface area contributed by atoms with Crippen LogP contribution in [0.25, 0.3) is 20.7 Å². The Bertz CT molecular complexity index is 1300. The first-order valence-corrected chi connectivity index (χ1v) is 11.5. The third-order valence-corrected chi connectivity index (χ3v) is 6.65. The van der Waals surface area contributed by atoms with Gasteiger partial charge in [-0.15, -0.1) is 11.3 Å². The second kappa shape index (κ2) is 10.1. The molecule has 0 radical (unpaired) electrons. The van der Waals surface area contributed by atoms with Crippen LogP contribution in [-0.4, -0.2) is 42.7 Å². The second-order valence-electron chi connectivity index (χ2n) is 7.56. The van der Waals surface area contributed by atoms with Gasteiger partial charge >= 0.3 is 0 Å². The molecule has 172 valence electrons. The molecule has 0 fully saturated rings. The highest BCUT2D eigenvalue weighted by Gasteiger charge is 2.14. The molecule has 0 aliphatic rings. The summed E-state index contributed by atoms with van der Waals surface area (Å²) in [7, 11) is 4.90. The van der Waals surface area contributed by atoms with Crippen LogP contribution in [0.15, 0.2) is 53.3 Å². The van der Waals surface area contributed by atoms with E-state index in [0.29, 0.717) is 40.6 Å². The number of nitrogens with zero attached hydrogens (tertiary/aromatic N) is 2. The largest absolute Gasteiger partial charge is 0.497 e. The zero-order valence-electron chi connectivity index (χ0n) is 19.2. The van der Waals surface area contributed by atoms with Crippen molar-refractivity contribution in [2.45, 2.75) is 20.0 Å². The van der Waals surface area contributed by atoms with Crippen LogP contribution < -0.4 is 19.8 Å². The monoisotopic (exact) mass is 465 g/mol. The normalized spacial score (nSPS) is 11.2. The summed E-state index contributed by atoms with van der Waals surface area (Å²) in [6.07, 6.45) is 0. The molecule has 0 saturated heterocycles. The molecule has 1 N–H and O–H groups in total. The highest BCUT2D eigenvalue weighted by Crippen LogP contribution is 2.32. The van der Waals surface area contributed by atoms with Crippen molar-refractivity contribution in [2.75, 3.05) is 27.9 Å². The quantitative estimate of drug-likeness (QED) is 0.386. The van der Waals surface area contributed by atoms with Gasteiger partial charge in [0, 0.05) is 11.4 Å². The van der Waals surface area contributed by atoms with Crippen LogP contribution in [0.4, 0.5) is 0 Å². The fraction of sp³-hybridized carbons (Fsp3) is 0.280. The zero-order valence-corrected chi connectivity index (χ0v) is 20.0. The van der Waals surface area contributed by atoms with Crippen molar-refractivity contribution in [3.05, 3.63) is 70.3 Å². The summed E-state index contributed by atoms with van der Waals surface area (Å²) in [5, 5.41) is 0. The highest BCUT2D eigenvalue weighted by atomic mass is 32.1. The summed E-state index contributed by atoms with van der Waals surface area (Å²) in [6.45, 7) is 4.11. The number of methoxy groups -OCH3 is 3. The molecule has 8 heteroatoms. The first-order valence-electron chi connectivity index (χ1n) is 10.6. The van der Waals surface area contributed by atoms with E-state index in [1.165, 1.54) is 11.3 Å². The second-order valence-corrected chi connectivity index (χ2v) is 8.61. The lowest BCUT2D eigenvalue weighted by molar-refractivity contribution is 0.263. The zero-order chi connectivity index (χ0) is 23.4. The Morgan fingerprint density at radius 1 is 0.939 bits per heavy atom. The van der Waals surface area contributed by atoms with Gasteiger partial charge in [0.05, 0.1) is 33.4 Å². The minimum absolute atomic E-state index is 0.109. The van der Waals surface area contributed by atoms with Crippen LogP contribution in [0.1, 0.15) is 18.3 Å². The van der Waals surface area contributed by atoms with Crippen LogP contribution in [-0.2, 0) is 13.1 Å². The van der Waals surface area contributed by atoms with Crippen molar-refractivity contribution >= 4 is 21.6 Å². The number of H-pyrrole nitrogens is 1. The number of aromatic amines is 1. The van der Waals surface area contributed by atoms with Crippen LogP contribution in [0.3, 0.4) is 0 Å². The Balaban J connectivity index is 1.56. The Hall–Kier alpha value is -3.36. The third kappa shape index (κ3) is 5.02. The van der Waals surface area contributed by atoms with E-state index in [1.807, 2.05) is 48.5 Å². The van der Waals surface area contributed by atoms with Gasteiger partial charge in [0.15, 0.2) is 11.5 Å². The average molecular weight is 466 g/mol. The maximum Gasteiger partial charge on any atom is 0.268 e. The van der Waals surface area contributed by atoms with E-state index in [2.05, 4.69) is 16.8 Å². The number of hydrogen-bond donors (Lipinski definition) is 1. The molecule has 2 heterocycles. The van der Waals surface area contributed by atoms with E-state index < -0.39 is 0 Å². The van der Waals surface area contributed by atoms with E-state index in [4.69, 9.17) is 19.2 Å². The predicted molar refractivity (Wildman–Crippen MR) is 132 cm³/mol. The maximum atomic E-state index is 12.8. The molecule has 0 unspecified atom stereocenters. The molecule has 7 nitrogen and oxygen atoms in total. The van der Waals surface area contributed by atoms with Crippen LogP contribution in [0.5, 0.6) is 17.2 Å². The Morgan fingerprint density at radius 3 is 2.36 bits per heavy atom. The summed E-state index contributed by atoms with van der Waals surface area (Å²) >= 11 is 1.45. The van der Waals surface area contributed by atoms with Gasteiger partial charge in [-0.25, -0.2) is 4.98 Å². The van der Waals surface area contributed by atoms with Crippen LogP contribution in [0, 0.1) is 0 Å². The molecule has 0 amide bonds. The number of fused-ring (bicyclic) bond motifs is 1. The third-order valence-electron chi connectivity index (χ3n) is 5.48. The lowest BCUT2D eigenvalue weighted by Gasteiger charge is -2.20. The molecule has 0 bridgehead atoms. The van der Waals surface area contributed by atoms with Crippen LogP contribution >= 0.6 is 11.3 Å². The fourth-order valence-electron chi connectivity index (χ4n) is 3.69. The average Bonchev–Trinajstić information content (AvgIpc) is 3.28. The Kier molecular flexibility index (Phi) is 6.96. The number of aromatic nitrogens is 2. The maximum absolute atomic E-state index is 12.8. The molecule has 4 rings (SSSR count). The van der Waals surface area contributed by atoms with Gasteiger partial charge in [-0.05, 0) is 60.1 Å². The van der Waals surface area contributed by atoms with Gasteiger partial charge in [0.2, 0.25) is 0 Å². The molecule has 4 aromatic rings. The van der Waals surface area contributed by atoms with E-state index in [9.17, 15) is 4.79 Å². The van der Waals surface area contributed by atoms with E-state index in [0.717, 1.165) is 28.3 Å². The molecule has 0 spiro atoms. The summed E-state index contributed by atoms with van der Waals surface area (Å²) in [6, 6.07) is 15.7. The number of nitrogens with one attached hydrogen (secondary N) is 1. The van der Waals surface area contributed by atoms with Crippen molar-refractivity contribution in [2.24, 2.45) is 0 Å². The molecular weight excluding hydrogens is 438 g/mol. The van der Waals surface area contributed by atoms with E-state index in [-0.39, 0.29) is 5.56 Å². The molecule has 0 saturated carbocycles. The van der Waals surface area contributed by atoms with Gasteiger partial charge in [-0.2, -0.15) is 0 Å². The molecular formula is C25H27N3O4S. The SMILES string of the molecule is CCN(Cc1ccc(OC)c(OC)c1)Cc1nc2cc(-c3ccc(OC)cc3)sc2c(=O)[nH]1. The van der Waals surface area contributed by atoms with Gasteiger partial charge in [0.1, 0.15) is 16.3 Å². The predicted octanol–water partition coefficient (Wildman–Crippen LogP) is 4.70. The minimum Gasteiger partial charge on any atom is -0.497 e. The summed E-state index contributed by atoms with van der Waals surface area (Å²) < 4.78 is 16.6. The fourth-order valence-corrected chi connectivity index (χ4v) is 4.69. The number of hydrogen-bond acceptors (Lipinski definition) is 7. The summed E-state index contributed by atoms with van der Waals surface area (Å²) in [4.78, 5) is 23.7. The smallest absolute Gasteiger partial charge is 0.268 e. The molecule has 0 aliphatic carbocycles. The first-order chi connectivity index (χ1) is 16.0. The van der Waals surface area contributed by atoms with Gasteiger partial charge in [-0.3, -0.25) is 9.69 Å². The van der Waals surface area contributed by atoms with Gasteiger partial charge in [-0.1, -0.05) is 13.0 Å². The standard InChI is InChI=1S/C25H27N3O4S/c1-5-28(14-16-6-11-20(31-3)21(12-16)32-4)15-23-26-19-13-22(33-24(19)25(29)27-23)17-7-9-18(30-2)10-8-17/h6-13H,5,14-15H2,1-4H3,(H,26,27,29). The Morgan fingerprint density at radius 2 is 1.70 bits per heavy atom. The first kappa shape index (κ1) is 22.8. The van der Waals surface area contributed by atoms with Crippen molar-refractivity contribution < 1.29 is 14.2 Å². The van der Waals surface area contributed by atoms with Crippen molar-refractivity contribution in [3.63, 3.8) is 0 Å². The van der Waals surface area contributed by atoms with Gasteiger partial charge < -0.3 is 19.2 Å². The molecule has 2 aromatic heterocycles. The highest BCUT2D eigenvalue weighted by molar-refractivity contribution is 7.22. The lowest BCUT2D eigenvalue weighted by Crippen LogP contribution is -2.25. The molecule has 0 aliphatic heterocycles. The van der Waals surface area contributed by atoms with Crippen LogP contribution in [0.2, 0.25) is 0 Å². The summed E-state index contributed by atoms with van der Waals surface area (Å²) in [5.41, 5.74) is 2.73. The van der Waals surface area contributed by atoms with Crippen molar-refractivity contribution in [3.8, 4) is 27.7 Å². The number of ether oxygens (including phenoxy) is 3. The molecule has 33 heavy (non-hydrogen) atoms. The Labute approximate surface area is 196 Å². The number of benzene rings is 2. The molecule has 0 atom stereocenters. The number of thiophene rings is 1.